The number of carbonyl (C=O) groups is 2. The van der Waals surface area contributed by atoms with E-state index in [1.165, 1.54) is 128 Å². The highest BCUT2D eigenvalue weighted by Gasteiger charge is 2.22. The minimum absolute atomic E-state index is 0.142. The number of allylic oxidation sites excluding steroid dienone is 6. The van der Waals surface area contributed by atoms with E-state index in [0.29, 0.717) is 12.8 Å². The average Bonchev–Trinajstić information content (AvgIpc) is 3.11. The van der Waals surface area contributed by atoms with Crippen LogP contribution in [0.25, 0.3) is 0 Å². The summed E-state index contributed by atoms with van der Waals surface area (Å²) in [5.74, 6) is -0.939. The molecule has 0 aliphatic rings. The Morgan fingerprint density at radius 1 is 0.500 bits per heavy atom. The van der Waals surface area contributed by atoms with Crippen molar-refractivity contribution in [2.24, 2.45) is 0 Å². The van der Waals surface area contributed by atoms with Crippen molar-refractivity contribution in [3.8, 4) is 0 Å². The van der Waals surface area contributed by atoms with Crippen molar-refractivity contribution < 1.29 is 37.9 Å². The van der Waals surface area contributed by atoms with Gasteiger partial charge < -0.3 is 19.3 Å². The summed E-state index contributed by atoms with van der Waals surface area (Å²) in [6, 6.07) is 0. The highest BCUT2D eigenvalue weighted by Crippen LogP contribution is 2.36. The SMILES string of the molecule is CCCCCCCC/C=C/C/C=C/C/C=C/CCCC(=O)O[C@H](COC(=O)CCCCCCCCCCCCCCCCCCC)COP(=O)(O)O. The number of hydrogen-bond acceptors (Lipinski definition) is 6. The number of phosphoric ester groups is 1. The summed E-state index contributed by atoms with van der Waals surface area (Å²) < 4.78 is 26.3. The van der Waals surface area contributed by atoms with E-state index in [9.17, 15) is 14.2 Å². The Hall–Kier alpha value is -1.73. The molecule has 0 saturated carbocycles. The summed E-state index contributed by atoms with van der Waals surface area (Å²) in [7, 11) is -4.76. The first-order valence-corrected chi connectivity index (χ1v) is 22.8. The molecule has 2 N–H and O–H groups in total. The monoisotopic (exact) mass is 755 g/mol. The van der Waals surface area contributed by atoms with Gasteiger partial charge in [0.2, 0.25) is 0 Å². The lowest BCUT2D eigenvalue weighted by molar-refractivity contribution is -0.161. The molecule has 52 heavy (non-hydrogen) atoms. The van der Waals surface area contributed by atoms with E-state index in [1.54, 1.807) is 0 Å². The largest absolute Gasteiger partial charge is 0.469 e. The zero-order valence-corrected chi connectivity index (χ0v) is 34.4. The van der Waals surface area contributed by atoms with Crippen LogP contribution in [0.15, 0.2) is 36.5 Å². The van der Waals surface area contributed by atoms with Crippen LogP contribution in [0.4, 0.5) is 0 Å². The topological polar surface area (TPSA) is 119 Å². The normalized spacial score (nSPS) is 12.8. The summed E-state index contributed by atoms with van der Waals surface area (Å²) >= 11 is 0. The summed E-state index contributed by atoms with van der Waals surface area (Å²) in [5, 5.41) is 0. The fourth-order valence-electron chi connectivity index (χ4n) is 5.98. The van der Waals surface area contributed by atoms with Crippen molar-refractivity contribution in [2.45, 2.75) is 213 Å². The summed E-state index contributed by atoms with van der Waals surface area (Å²) in [4.78, 5) is 42.8. The van der Waals surface area contributed by atoms with Crippen molar-refractivity contribution in [1.82, 2.24) is 0 Å². The first-order valence-electron chi connectivity index (χ1n) is 21.3. The third-order valence-corrected chi connectivity index (χ3v) is 9.65. The molecule has 0 fully saturated rings. The highest BCUT2D eigenvalue weighted by atomic mass is 31.2. The van der Waals surface area contributed by atoms with Gasteiger partial charge in [0.25, 0.3) is 0 Å². The van der Waals surface area contributed by atoms with E-state index in [4.69, 9.17) is 19.3 Å². The van der Waals surface area contributed by atoms with Crippen molar-refractivity contribution in [3.63, 3.8) is 0 Å². The number of esters is 2. The molecule has 0 amide bonds. The minimum atomic E-state index is -4.76. The van der Waals surface area contributed by atoms with Gasteiger partial charge in [-0.1, -0.05) is 185 Å². The second-order valence-corrected chi connectivity index (χ2v) is 15.6. The molecule has 0 bridgehead atoms. The molecule has 0 aliphatic heterocycles. The molecule has 0 aromatic heterocycles. The summed E-state index contributed by atoms with van der Waals surface area (Å²) in [6.45, 7) is 3.65. The molecule has 0 spiro atoms. The molecule has 1 atom stereocenters. The summed E-state index contributed by atoms with van der Waals surface area (Å²) in [6.07, 6.45) is 45.9. The van der Waals surface area contributed by atoms with Crippen LogP contribution in [0.1, 0.15) is 206 Å². The van der Waals surface area contributed by atoms with Crippen molar-refractivity contribution >= 4 is 19.8 Å². The zero-order chi connectivity index (χ0) is 38.2. The summed E-state index contributed by atoms with van der Waals surface area (Å²) in [5.41, 5.74) is 0. The Labute approximate surface area is 319 Å². The minimum Gasteiger partial charge on any atom is -0.462 e. The Balaban J connectivity index is 3.97. The third kappa shape index (κ3) is 41.0. The first-order chi connectivity index (χ1) is 25.3. The maximum atomic E-state index is 12.4. The lowest BCUT2D eigenvalue weighted by Crippen LogP contribution is -2.29. The van der Waals surface area contributed by atoms with Crippen LogP contribution < -0.4 is 0 Å². The van der Waals surface area contributed by atoms with Gasteiger partial charge in [-0.05, 0) is 44.9 Å². The van der Waals surface area contributed by atoms with E-state index in [0.717, 1.165) is 38.5 Å². The molecule has 304 valence electrons. The van der Waals surface area contributed by atoms with Crippen molar-refractivity contribution in [3.05, 3.63) is 36.5 Å². The molecule has 0 heterocycles. The molecule has 8 nitrogen and oxygen atoms in total. The van der Waals surface area contributed by atoms with Crippen LogP contribution in [-0.4, -0.2) is 41.0 Å². The van der Waals surface area contributed by atoms with Crippen LogP contribution in [0.3, 0.4) is 0 Å². The number of ether oxygens (including phenoxy) is 2. The fraction of sp³-hybridized carbons (Fsp3) is 0.814. The van der Waals surface area contributed by atoms with E-state index in [-0.39, 0.29) is 19.4 Å². The average molecular weight is 755 g/mol. The predicted molar refractivity (Wildman–Crippen MR) is 216 cm³/mol. The molecule has 0 rings (SSSR count). The van der Waals surface area contributed by atoms with Crippen LogP contribution in [0.2, 0.25) is 0 Å². The van der Waals surface area contributed by atoms with Gasteiger partial charge in [0.15, 0.2) is 6.10 Å². The zero-order valence-electron chi connectivity index (χ0n) is 33.5. The standard InChI is InChI=1S/C43H79O8P/c1-3-5-7-9-11-13-15-17-19-21-23-25-27-29-31-33-35-37-42(44)49-39-41(40-50-52(46,47)48)51-43(45)38-36-34-32-30-28-26-24-22-20-18-16-14-12-10-8-6-4-2/h18,20,24,26,30,32,41H,3-17,19,21-23,25,27-29,31,33-40H2,1-2H3,(H2,46,47,48)/b20-18+,26-24+,32-30+/t41-/m1/s1. The van der Waals surface area contributed by atoms with Gasteiger partial charge in [-0.2, -0.15) is 0 Å². The van der Waals surface area contributed by atoms with Crippen LogP contribution in [0.5, 0.6) is 0 Å². The number of unbranched alkanes of at least 4 members (excludes halogenated alkanes) is 23. The molecule has 0 aromatic carbocycles. The Morgan fingerprint density at radius 2 is 0.885 bits per heavy atom. The van der Waals surface area contributed by atoms with Crippen LogP contribution in [-0.2, 0) is 28.2 Å². The molecular formula is C43H79O8P. The van der Waals surface area contributed by atoms with Gasteiger partial charge in [-0.15, -0.1) is 0 Å². The molecule has 0 aliphatic carbocycles. The van der Waals surface area contributed by atoms with Gasteiger partial charge in [0, 0.05) is 12.8 Å². The second-order valence-electron chi connectivity index (χ2n) is 14.3. The Morgan fingerprint density at radius 3 is 1.35 bits per heavy atom. The molecule has 0 radical (unpaired) electrons. The number of hydrogen-bond donors (Lipinski definition) is 2. The Kier molecular flexibility index (Phi) is 37.7. The van der Waals surface area contributed by atoms with Gasteiger partial charge >= 0.3 is 19.8 Å². The van der Waals surface area contributed by atoms with Gasteiger partial charge in [0.05, 0.1) is 6.61 Å². The molecular weight excluding hydrogens is 675 g/mol. The number of phosphoric acid groups is 1. The van der Waals surface area contributed by atoms with Gasteiger partial charge in [0.1, 0.15) is 6.61 Å². The maximum absolute atomic E-state index is 12.4. The molecule has 0 aromatic rings. The maximum Gasteiger partial charge on any atom is 0.469 e. The Bertz CT molecular complexity index is 941. The van der Waals surface area contributed by atoms with E-state index >= 15 is 0 Å². The molecule has 0 saturated heterocycles. The second kappa shape index (κ2) is 39.0. The van der Waals surface area contributed by atoms with E-state index in [1.807, 2.05) is 6.08 Å². The smallest absolute Gasteiger partial charge is 0.462 e. The predicted octanol–water partition coefficient (Wildman–Crippen LogP) is 13.0. The third-order valence-electron chi connectivity index (χ3n) is 9.16. The van der Waals surface area contributed by atoms with Crippen molar-refractivity contribution in [2.75, 3.05) is 13.2 Å². The molecule has 0 unspecified atom stereocenters. The van der Waals surface area contributed by atoms with Crippen LogP contribution in [0, 0.1) is 0 Å². The number of rotatable bonds is 39. The molecule has 9 heteroatoms. The first kappa shape index (κ1) is 50.3. The van der Waals surface area contributed by atoms with Crippen molar-refractivity contribution in [1.29, 1.82) is 0 Å². The quantitative estimate of drug-likeness (QED) is 0.0275. The van der Waals surface area contributed by atoms with E-state index in [2.05, 4.69) is 48.8 Å². The van der Waals surface area contributed by atoms with Crippen LogP contribution >= 0.6 is 7.82 Å². The fourth-order valence-corrected chi connectivity index (χ4v) is 6.34. The lowest BCUT2D eigenvalue weighted by atomic mass is 10.0. The lowest BCUT2D eigenvalue weighted by Gasteiger charge is -2.18. The van der Waals surface area contributed by atoms with Gasteiger partial charge in [-0.3, -0.25) is 14.1 Å². The number of carbonyl (C=O) groups excluding carboxylic acids is 2. The van der Waals surface area contributed by atoms with E-state index < -0.39 is 32.5 Å². The van der Waals surface area contributed by atoms with Gasteiger partial charge in [-0.25, -0.2) is 4.57 Å². The highest BCUT2D eigenvalue weighted by molar-refractivity contribution is 7.46.